The van der Waals surface area contributed by atoms with Crippen molar-refractivity contribution in [2.75, 3.05) is 0 Å². The van der Waals surface area contributed by atoms with Gasteiger partial charge in [0.25, 0.3) is 0 Å². The van der Waals surface area contributed by atoms with E-state index in [0.717, 1.165) is 22.5 Å². The fraction of sp³-hybridized carbons (Fsp3) is 0.423. The average Bonchev–Trinajstić information content (AvgIpc) is 3.66. The molecule has 34 heavy (non-hydrogen) atoms. The van der Waals surface area contributed by atoms with Crippen molar-refractivity contribution in [3.05, 3.63) is 71.7 Å². The van der Waals surface area contributed by atoms with E-state index in [4.69, 9.17) is 0 Å². The van der Waals surface area contributed by atoms with Gasteiger partial charge >= 0.3 is 0 Å². The van der Waals surface area contributed by atoms with Gasteiger partial charge in [-0.2, -0.15) is 0 Å². The van der Waals surface area contributed by atoms with E-state index in [1.165, 1.54) is 6.20 Å². The molecule has 1 fully saturated rings. The molecule has 0 radical (unpaired) electrons. The number of hydrogen-bond acceptors (Lipinski definition) is 7. The topological polar surface area (TPSA) is 103 Å². The molecule has 7 nitrogen and oxygen atoms in total. The molecule has 0 spiro atoms. The number of Topliss-reactive ketones (excluding diaryl/α,β-unsaturated/α-hetero) is 1. The van der Waals surface area contributed by atoms with Crippen LogP contribution in [0.4, 0.5) is 0 Å². The molecule has 2 aromatic heterocycles. The number of ketones is 1. The van der Waals surface area contributed by atoms with Crippen molar-refractivity contribution in [1.29, 1.82) is 0 Å². The van der Waals surface area contributed by atoms with E-state index in [1.54, 1.807) is 18.5 Å². The van der Waals surface area contributed by atoms with Gasteiger partial charge in [0, 0.05) is 24.4 Å². The molecule has 0 aliphatic heterocycles. The lowest BCUT2D eigenvalue weighted by molar-refractivity contribution is -0.122. The lowest BCUT2D eigenvalue weighted by atomic mass is 9.81. The Kier molecular flexibility index (Phi) is 6.62. The van der Waals surface area contributed by atoms with Crippen molar-refractivity contribution in [3.63, 3.8) is 0 Å². The first-order valence-corrected chi connectivity index (χ1v) is 13.3. The van der Waals surface area contributed by atoms with Gasteiger partial charge in [-0.05, 0) is 44.2 Å². The van der Waals surface area contributed by atoms with Crippen molar-refractivity contribution in [2.45, 2.75) is 69.3 Å². The maximum atomic E-state index is 13.2. The largest absolute Gasteiger partial charge is 0.298 e. The maximum absolute atomic E-state index is 13.2. The number of carbonyl (C=O) groups excluding carboxylic acids is 1. The van der Waals surface area contributed by atoms with Gasteiger partial charge in [-0.1, -0.05) is 38.1 Å². The predicted octanol–water partition coefficient (Wildman–Crippen LogP) is 4.22. The molecule has 1 aliphatic carbocycles. The van der Waals surface area contributed by atoms with Crippen LogP contribution in [0.2, 0.25) is 0 Å². The van der Waals surface area contributed by atoms with Gasteiger partial charge < -0.3 is 0 Å². The molecule has 178 valence electrons. The van der Waals surface area contributed by atoms with E-state index in [2.05, 4.69) is 33.8 Å². The summed E-state index contributed by atoms with van der Waals surface area (Å²) in [5, 5.41) is -0.267. The second-order valence-electron chi connectivity index (χ2n) is 9.77. The van der Waals surface area contributed by atoms with Crippen LogP contribution in [-0.4, -0.2) is 39.4 Å². The van der Waals surface area contributed by atoms with Gasteiger partial charge in [-0.25, -0.2) is 23.4 Å². The van der Waals surface area contributed by atoms with Crippen LogP contribution >= 0.6 is 0 Å². The fourth-order valence-corrected chi connectivity index (χ4v) is 5.27. The second-order valence-corrected chi connectivity index (χ2v) is 12.1. The summed E-state index contributed by atoms with van der Waals surface area (Å²) in [6.45, 7) is 7.80. The van der Waals surface area contributed by atoms with E-state index in [-0.39, 0.29) is 29.0 Å². The summed E-state index contributed by atoms with van der Waals surface area (Å²) in [4.78, 5) is 30.8. The van der Waals surface area contributed by atoms with E-state index < -0.39 is 15.3 Å². The van der Waals surface area contributed by atoms with Crippen molar-refractivity contribution < 1.29 is 13.2 Å². The van der Waals surface area contributed by atoms with Crippen LogP contribution in [0.5, 0.6) is 0 Å². The highest BCUT2D eigenvalue weighted by molar-refractivity contribution is 7.91. The third kappa shape index (κ3) is 5.38. The third-order valence-corrected chi connectivity index (χ3v) is 8.41. The van der Waals surface area contributed by atoms with Gasteiger partial charge in [0.15, 0.2) is 9.84 Å². The normalized spacial score (nSPS) is 14.4. The first kappa shape index (κ1) is 24.1. The van der Waals surface area contributed by atoms with Gasteiger partial charge in [-0.15, -0.1) is 0 Å². The Hall–Kier alpha value is -3.00. The van der Waals surface area contributed by atoms with Gasteiger partial charge in [0.1, 0.15) is 17.4 Å². The predicted molar refractivity (Wildman–Crippen MR) is 131 cm³/mol. The van der Waals surface area contributed by atoms with Gasteiger partial charge in [-0.3, -0.25) is 9.78 Å². The van der Waals surface area contributed by atoms with Gasteiger partial charge in [0.05, 0.1) is 33.9 Å². The van der Waals surface area contributed by atoms with E-state index in [0.29, 0.717) is 24.5 Å². The number of rotatable bonds is 9. The van der Waals surface area contributed by atoms with Crippen molar-refractivity contribution in [3.8, 4) is 11.3 Å². The van der Waals surface area contributed by atoms with Crippen LogP contribution in [-0.2, 0) is 32.2 Å². The third-order valence-electron chi connectivity index (χ3n) is 6.26. The van der Waals surface area contributed by atoms with Crippen LogP contribution in [0, 0.1) is 0 Å². The first-order valence-electron chi connectivity index (χ1n) is 11.5. The minimum atomic E-state index is -3.23. The molecule has 1 aliphatic rings. The van der Waals surface area contributed by atoms with Crippen molar-refractivity contribution >= 4 is 15.6 Å². The van der Waals surface area contributed by atoms with Crippen molar-refractivity contribution in [2.24, 2.45) is 0 Å². The standard InChI is InChI=1S/C26H30N4O3S/c1-17(2)21-14-27-15-22(29-21)19-7-5-18(6-8-19)13-24(31)26(3,4)23-11-12-28-25(30-23)16-34(32,33)20-9-10-20/h5-8,11-12,14-15,17,20H,9-10,13,16H2,1-4H3. The lowest BCUT2D eigenvalue weighted by Crippen LogP contribution is -2.32. The molecular weight excluding hydrogens is 448 g/mol. The molecule has 4 rings (SSSR count). The Morgan fingerprint density at radius 1 is 1.06 bits per heavy atom. The Morgan fingerprint density at radius 3 is 2.41 bits per heavy atom. The number of carbonyl (C=O) groups is 1. The van der Waals surface area contributed by atoms with Crippen molar-refractivity contribution in [1.82, 2.24) is 19.9 Å². The SMILES string of the molecule is CC(C)c1cncc(-c2ccc(CC(=O)C(C)(C)c3ccnc(CS(=O)(=O)C4CC4)n3)cc2)n1. The van der Waals surface area contributed by atoms with E-state index >= 15 is 0 Å². The smallest absolute Gasteiger partial charge is 0.160 e. The molecular formula is C26H30N4O3S. The quantitative estimate of drug-likeness (QED) is 0.453. The highest BCUT2D eigenvalue weighted by Gasteiger charge is 2.37. The minimum Gasteiger partial charge on any atom is -0.298 e. The number of aromatic nitrogens is 4. The molecule has 0 bridgehead atoms. The molecule has 0 N–H and O–H groups in total. The fourth-order valence-electron chi connectivity index (χ4n) is 3.68. The van der Waals surface area contributed by atoms with Crippen LogP contribution < -0.4 is 0 Å². The summed E-state index contributed by atoms with van der Waals surface area (Å²) in [7, 11) is -3.23. The number of hydrogen-bond donors (Lipinski definition) is 0. The monoisotopic (exact) mass is 478 g/mol. The average molecular weight is 479 g/mol. The van der Waals surface area contributed by atoms with E-state index in [9.17, 15) is 13.2 Å². The number of nitrogens with zero attached hydrogens (tertiary/aromatic N) is 4. The summed E-state index contributed by atoms with van der Waals surface area (Å²) in [6, 6.07) is 9.46. The van der Waals surface area contributed by atoms with Crippen LogP contribution in [0.1, 0.15) is 69.2 Å². The summed E-state index contributed by atoms with van der Waals surface area (Å²) in [5.74, 6) is 0.358. The Morgan fingerprint density at radius 2 is 1.76 bits per heavy atom. The summed E-state index contributed by atoms with van der Waals surface area (Å²) in [6.07, 6.45) is 6.72. The van der Waals surface area contributed by atoms with Crippen LogP contribution in [0.15, 0.2) is 48.9 Å². The molecule has 2 heterocycles. The number of sulfone groups is 1. The highest BCUT2D eigenvalue weighted by Crippen LogP contribution is 2.31. The Balaban J connectivity index is 1.48. The Bertz CT molecular complexity index is 1300. The first-order chi connectivity index (χ1) is 16.1. The molecule has 1 aromatic carbocycles. The maximum Gasteiger partial charge on any atom is 0.160 e. The molecule has 0 atom stereocenters. The minimum absolute atomic E-state index is 0.00320. The van der Waals surface area contributed by atoms with Crippen LogP contribution in [0.3, 0.4) is 0 Å². The van der Waals surface area contributed by atoms with Gasteiger partial charge in [0.2, 0.25) is 0 Å². The summed E-state index contributed by atoms with van der Waals surface area (Å²) < 4.78 is 24.6. The molecule has 0 unspecified atom stereocenters. The molecule has 3 aromatic rings. The highest BCUT2D eigenvalue weighted by atomic mass is 32.2. The number of benzene rings is 1. The zero-order chi connectivity index (χ0) is 24.5. The molecule has 8 heteroatoms. The van der Waals surface area contributed by atoms with E-state index in [1.807, 2.05) is 38.1 Å². The summed E-state index contributed by atoms with van der Waals surface area (Å²) >= 11 is 0. The zero-order valence-corrected chi connectivity index (χ0v) is 20.8. The summed E-state index contributed by atoms with van der Waals surface area (Å²) in [5.41, 5.74) is 3.23. The molecule has 1 saturated carbocycles. The molecule has 0 amide bonds. The van der Waals surface area contributed by atoms with Crippen LogP contribution in [0.25, 0.3) is 11.3 Å². The molecule has 0 saturated heterocycles. The second kappa shape index (κ2) is 9.33. The Labute approximate surface area is 201 Å². The zero-order valence-electron chi connectivity index (χ0n) is 20.0. The lowest BCUT2D eigenvalue weighted by Gasteiger charge is -2.23.